The lowest BCUT2D eigenvalue weighted by atomic mass is 9.99. The number of amides is 2. The SMILES string of the molecule is CCCCN1C(=O)C(c2ccc(C)c(C)c2)=C(N(C)Cc2ccccc2)C1=O. The highest BCUT2D eigenvalue weighted by Crippen LogP contribution is 2.32. The van der Waals surface area contributed by atoms with E-state index in [-0.39, 0.29) is 11.8 Å². The van der Waals surface area contributed by atoms with Crippen LogP contribution in [0.15, 0.2) is 54.2 Å². The first kappa shape index (κ1) is 19.9. The molecule has 0 atom stereocenters. The zero-order valence-corrected chi connectivity index (χ0v) is 17.2. The molecule has 0 aromatic heterocycles. The van der Waals surface area contributed by atoms with Crippen molar-refractivity contribution in [3.8, 4) is 0 Å². The maximum Gasteiger partial charge on any atom is 0.277 e. The number of carbonyl (C=O) groups is 2. The molecule has 0 aliphatic carbocycles. The second-order valence-corrected chi connectivity index (χ2v) is 7.48. The standard InChI is InChI=1S/C24H28N2O2/c1-5-6-14-26-23(27)21(20-13-12-17(2)18(3)15-20)22(24(26)28)25(4)16-19-10-8-7-9-11-19/h7-13,15H,5-6,14,16H2,1-4H3. The summed E-state index contributed by atoms with van der Waals surface area (Å²) in [4.78, 5) is 29.7. The van der Waals surface area contributed by atoms with E-state index in [4.69, 9.17) is 0 Å². The van der Waals surface area contributed by atoms with Gasteiger partial charge in [0.15, 0.2) is 0 Å². The summed E-state index contributed by atoms with van der Waals surface area (Å²) in [5.74, 6) is -0.373. The predicted molar refractivity (Wildman–Crippen MR) is 112 cm³/mol. The number of unbranched alkanes of at least 4 members (excludes halogenated alkanes) is 1. The van der Waals surface area contributed by atoms with Crippen LogP contribution in [0.1, 0.15) is 42.0 Å². The predicted octanol–water partition coefficient (Wildman–Crippen LogP) is 4.32. The molecular weight excluding hydrogens is 348 g/mol. The van der Waals surface area contributed by atoms with E-state index in [1.165, 1.54) is 10.5 Å². The molecule has 4 nitrogen and oxygen atoms in total. The topological polar surface area (TPSA) is 40.6 Å². The van der Waals surface area contributed by atoms with Crippen molar-refractivity contribution < 1.29 is 9.59 Å². The highest BCUT2D eigenvalue weighted by Gasteiger charge is 2.40. The second-order valence-electron chi connectivity index (χ2n) is 7.48. The third kappa shape index (κ3) is 3.86. The molecule has 2 aromatic carbocycles. The zero-order chi connectivity index (χ0) is 20.3. The molecule has 1 heterocycles. The lowest BCUT2D eigenvalue weighted by Crippen LogP contribution is -2.34. The van der Waals surface area contributed by atoms with Crippen molar-refractivity contribution in [3.05, 3.63) is 76.5 Å². The van der Waals surface area contributed by atoms with Gasteiger partial charge in [0.1, 0.15) is 5.70 Å². The summed E-state index contributed by atoms with van der Waals surface area (Å²) in [6, 6.07) is 16.0. The molecule has 3 rings (SSSR count). The first-order valence-electron chi connectivity index (χ1n) is 9.87. The van der Waals surface area contributed by atoms with Gasteiger partial charge in [0.25, 0.3) is 11.8 Å². The molecule has 2 aromatic rings. The minimum Gasteiger partial charge on any atom is -0.365 e. The maximum atomic E-state index is 13.2. The van der Waals surface area contributed by atoms with Gasteiger partial charge in [-0.25, -0.2) is 0 Å². The van der Waals surface area contributed by atoms with E-state index in [1.807, 2.05) is 74.3 Å². The maximum absolute atomic E-state index is 13.2. The molecule has 0 unspecified atom stereocenters. The van der Waals surface area contributed by atoms with Crippen molar-refractivity contribution in [3.63, 3.8) is 0 Å². The van der Waals surface area contributed by atoms with Gasteiger partial charge in [0.05, 0.1) is 5.57 Å². The Labute approximate surface area is 167 Å². The molecule has 0 radical (unpaired) electrons. The molecular formula is C24H28N2O2. The van der Waals surface area contributed by atoms with Crippen LogP contribution in [0.4, 0.5) is 0 Å². The van der Waals surface area contributed by atoms with Gasteiger partial charge in [0, 0.05) is 20.1 Å². The van der Waals surface area contributed by atoms with Crippen molar-refractivity contribution in [1.82, 2.24) is 9.80 Å². The van der Waals surface area contributed by atoms with Crippen LogP contribution in [0.5, 0.6) is 0 Å². The van der Waals surface area contributed by atoms with Gasteiger partial charge >= 0.3 is 0 Å². The first-order chi connectivity index (χ1) is 13.4. The van der Waals surface area contributed by atoms with Gasteiger partial charge in [-0.15, -0.1) is 0 Å². The van der Waals surface area contributed by atoms with Gasteiger partial charge in [-0.2, -0.15) is 0 Å². The Hall–Kier alpha value is -2.88. The third-order valence-electron chi connectivity index (χ3n) is 5.32. The van der Waals surface area contributed by atoms with E-state index in [2.05, 4.69) is 6.92 Å². The van der Waals surface area contributed by atoms with Crippen LogP contribution in [-0.4, -0.2) is 35.2 Å². The summed E-state index contributed by atoms with van der Waals surface area (Å²) >= 11 is 0. The number of benzene rings is 2. The fourth-order valence-electron chi connectivity index (χ4n) is 3.53. The summed E-state index contributed by atoms with van der Waals surface area (Å²) in [5.41, 5.74) is 5.21. The van der Waals surface area contributed by atoms with E-state index < -0.39 is 0 Å². The van der Waals surface area contributed by atoms with E-state index in [9.17, 15) is 9.59 Å². The summed E-state index contributed by atoms with van der Waals surface area (Å²) < 4.78 is 0. The molecule has 4 heteroatoms. The fourth-order valence-corrected chi connectivity index (χ4v) is 3.53. The average Bonchev–Trinajstić information content (AvgIpc) is 2.93. The van der Waals surface area contributed by atoms with Crippen molar-refractivity contribution in [1.29, 1.82) is 0 Å². The molecule has 146 valence electrons. The summed E-state index contributed by atoms with van der Waals surface area (Å²) in [6.45, 7) is 7.18. The van der Waals surface area contributed by atoms with Crippen LogP contribution in [-0.2, 0) is 16.1 Å². The van der Waals surface area contributed by atoms with Crippen LogP contribution in [0.2, 0.25) is 0 Å². The van der Waals surface area contributed by atoms with E-state index in [0.29, 0.717) is 24.4 Å². The molecule has 0 N–H and O–H groups in total. The normalized spacial score (nSPS) is 14.2. The number of imide groups is 1. The number of carbonyl (C=O) groups excluding carboxylic acids is 2. The lowest BCUT2D eigenvalue weighted by Gasteiger charge is -2.21. The van der Waals surface area contributed by atoms with Gasteiger partial charge in [-0.3, -0.25) is 14.5 Å². The van der Waals surface area contributed by atoms with Gasteiger partial charge in [0.2, 0.25) is 0 Å². The minimum absolute atomic E-state index is 0.184. The van der Waals surface area contributed by atoms with Gasteiger partial charge in [-0.05, 0) is 42.5 Å². The van der Waals surface area contributed by atoms with E-state index in [1.54, 1.807) is 0 Å². The molecule has 1 aliphatic rings. The smallest absolute Gasteiger partial charge is 0.277 e. The Morgan fingerprint density at radius 2 is 1.64 bits per heavy atom. The Morgan fingerprint density at radius 3 is 2.29 bits per heavy atom. The number of rotatable bonds is 7. The van der Waals surface area contributed by atoms with Gasteiger partial charge in [-0.1, -0.05) is 61.9 Å². The van der Waals surface area contributed by atoms with Crippen LogP contribution >= 0.6 is 0 Å². The third-order valence-corrected chi connectivity index (χ3v) is 5.32. The van der Waals surface area contributed by atoms with Crippen molar-refractivity contribution in [2.45, 2.75) is 40.2 Å². The molecule has 1 aliphatic heterocycles. The Kier molecular flexibility index (Phi) is 5.98. The average molecular weight is 377 g/mol. The quantitative estimate of drug-likeness (QED) is 0.676. The molecule has 2 amide bonds. The number of nitrogens with zero attached hydrogens (tertiary/aromatic N) is 2. The highest BCUT2D eigenvalue weighted by atomic mass is 16.2. The minimum atomic E-state index is -0.190. The van der Waals surface area contributed by atoms with Crippen LogP contribution in [0, 0.1) is 13.8 Å². The molecule has 0 spiro atoms. The van der Waals surface area contributed by atoms with Crippen molar-refractivity contribution >= 4 is 17.4 Å². The van der Waals surface area contributed by atoms with E-state index in [0.717, 1.165) is 29.5 Å². The summed E-state index contributed by atoms with van der Waals surface area (Å²) in [5, 5.41) is 0. The number of aryl methyl sites for hydroxylation is 2. The summed E-state index contributed by atoms with van der Waals surface area (Å²) in [6.07, 6.45) is 1.75. The largest absolute Gasteiger partial charge is 0.365 e. The Balaban J connectivity index is 2.04. The van der Waals surface area contributed by atoms with Crippen LogP contribution < -0.4 is 0 Å². The molecule has 0 fully saturated rings. The van der Waals surface area contributed by atoms with E-state index >= 15 is 0 Å². The first-order valence-corrected chi connectivity index (χ1v) is 9.87. The van der Waals surface area contributed by atoms with Crippen molar-refractivity contribution in [2.75, 3.05) is 13.6 Å². The van der Waals surface area contributed by atoms with Crippen molar-refractivity contribution in [2.24, 2.45) is 0 Å². The number of likely N-dealkylation sites (N-methyl/N-ethyl adjacent to an activating group) is 1. The Morgan fingerprint density at radius 1 is 0.929 bits per heavy atom. The summed E-state index contributed by atoms with van der Waals surface area (Å²) in [7, 11) is 1.89. The molecule has 0 bridgehead atoms. The molecule has 0 saturated carbocycles. The van der Waals surface area contributed by atoms with Crippen LogP contribution in [0.25, 0.3) is 5.57 Å². The fraction of sp³-hybridized carbons (Fsp3) is 0.333. The molecule has 28 heavy (non-hydrogen) atoms. The monoisotopic (exact) mass is 376 g/mol. The van der Waals surface area contributed by atoms with Crippen LogP contribution in [0.3, 0.4) is 0 Å². The second kappa shape index (κ2) is 8.42. The number of hydrogen-bond donors (Lipinski definition) is 0. The number of hydrogen-bond acceptors (Lipinski definition) is 3. The lowest BCUT2D eigenvalue weighted by molar-refractivity contribution is -0.137. The zero-order valence-electron chi connectivity index (χ0n) is 17.2. The highest BCUT2D eigenvalue weighted by molar-refractivity contribution is 6.35. The molecule has 0 saturated heterocycles. The van der Waals surface area contributed by atoms with Gasteiger partial charge < -0.3 is 4.90 Å². The Bertz CT molecular complexity index is 915.